The van der Waals surface area contributed by atoms with Crippen LogP contribution in [0.4, 0.5) is 0 Å². The molecule has 22 heavy (non-hydrogen) atoms. The molecule has 0 radical (unpaired) electrons. The molecule has 2 heteroatoms. The van der Waals surface area contributed by atoms with Crippen LogP contribution in [0.5, 0.6) is 0 Å². The normalized spacial score (nSPS) is 25.0. The Labute approximate surface area is 139 Å². The Hall–Kier alpha value is -0.530. The van der Waals surface area contributed by atoms with Gasteiger partial charge in [-0.05, 0) is 56.3 Å². The zero-order valence-corrected chi connectivity index (χ0v) is 16.6. The molecule has 0 amide bonds. The van der Waals surface area contributed by atoms with E-state index in [2.05, 4.69) is 41.5 Å². The van der Waals surface area contributed by atoms with Gasteiger partial charge in [0.25, 0.3) is 0 Å². The average molecular weight is 313 g/mol. The lowest BCUT2D eigenvalue weighted by atomic mass is 9.71. The van der Waals surface area contributed by atoms with Gasteiger partial charge < -0.3 is 4.74 Å². The van der Waals surface area contributed by atoms with Gasteiger partial charge in [-0.25, -0.2) is 0 Å². The van der Waals surface area contributed by atoms with Crippen LogP contribution < -0.4 is 0 Å². The van der Waals surface area contributed by atoms with E-state index in [9.17, 15) is 4.79 Å². The van der Waals surface area contributed by atoms with Crippen molar-refractivity contribution in [1.29, 1.82) is 0 Å². The first-order valence-corrected chi connectivity index (χ1v) is 9.32. The minimum Gasteiger partial charge on any atom is -0.462 e. The van der Waals surface area contributed by atoms with Crippen molar-refractivity contribution in [2.75, 3.05) is 0 Å². The summed E-state index contributed by atoms with van der Waals surface area (Å²) in [5.74, 6) is 1.10. The Morgan fingerprint density at radius 2 is 1.50 bits per heavy atom. The van der Waals surface area contributed by atoms with E-state index < -0.39 is 0 Å². The van der Waals surface area contributed by atoms with Crippen LogP contribution in [0.2, 0.25) is 0 Å². The van der Waals surface area contributed by atoms with Crippen molar-refractivity contribution in [3.63, 3.8) is 0 Å². The van der Waals surface area contributed by atoms with Crippen molar-refractivity contribution in [3.05, 3.63) is 0 Å². The monoisotopic (exact) mass is 312 g/mol. The molecule has 0 aromatic heterocycles. The fourth-order valence-corrected chi connectivity index (χ4v) is 3.12. The van der Waals surface area contributed by atoms with Crippen LogP contribution in [-0.4, -0.2) is 12.1 Å². The van der Waals surface area contributed by atoms with Gasteiger partial charge in [0.2, 0.25) is 0 Å². The highest BCUT2D eigenvalue weighted by Gasteiger charge is 2.39. The lowest BCUT2D eigenvalue weighted by Gasteiger charge is -2.38. The number of hydrogen-bond donors (Lipinski definition) is 0. The molecule has 1 aliphatic carbocycles. The lowest BCUT2D eigenvalue weighted by molar-refractivity contribution is -0.166. The van der Waals surface area contributed by atoms with Gasteiger partial charge in [-0.3, -0.25) is 4.79 Å². The Morgan fingerprint density at radius 3 is 1.82 bits per heavy atom. The fraction of sp³-hybridized carbons (Fsp3) is 0.950. The summed E-state index contributed by atoms with van der Waals surface area (Å²) in [6.07, 6.45) is 5.43. The first-order chi connectivity index (χ1) is 10.1. The lowest BCUT2D eigenvalue weighted by Crippen LogP contribution is -2.38. The van der Waals surface area contributed by atoms with Gasteiger partial charge in [0.1, 0.15) is 6.10 Å². The van der Waals surface area contributed by atoms with E-state index in [4.69, 9.17) is 4.74 Å². The third-order valence-electron chi connectivity index (χ3n) is 5.65. The van der Waals surface area contributed by atoms with E-state index in [0.717, 1.165) is 25.2 Å². The van der Waals surface area contributed by atoms with E-state index in [1.165, 1.54) is 12.8 Å². The van der Waals surface area contributed by atoms with Gasteiger partial charge in [-0.2, -0.15) is 0 Å². The van der Waals surface area contributed by atoms with E-state index in [1.54, 1.807) is 0 Å². The van der Waals surface area contributed by atoms with Crippen molar-refractivity contribution in [1.82, 2.24) is 0 Å². The summed E-state index contributed by atoms with van der Waals surface area (Å²) in [4.78, 5) is 12.5. The van der Waals surface area contributed by atoms with Gasteiger partial charge in [0.15, 0.2) is 0 Å². The smallest absolute Gasteiger partial charge is 0.312 e. The van der Waals surface area contributed by atoms with Gasteiger partial charge in [0, 0.05) is 0 Å². The molecule has 0 N–H and O–H groups in total. The summed E-state index contributed by atoms with van der Waals surface area (Å²) < 4.78 is 5.83. The molecule has 1 unspecified atom stereocenters. The number of hydrogen-bond acceptors (Lipinski definition) is 2. The predicted molar refractivity (Wildman–Crippen MR) is 95.9 cm³/mol. The van der Waals surface area contributed by atoms with Crippen LogP contribution >= 0.6 is 0 Å². The molecule has 0 heterocycles. The molecule has 0 saturated heterocycles. The summed E-state index contributed by atoms with van der Waals surface area (Å²) in [6.45, 7) is 19.3. The molecule has 0 spiro atoms. The molecular weight excluding hydrogens is 272 g/mol. The summed E-state index contributed by atoms with van der Waals surface area (Å²) in [6, 6.07) is 0. The van der Waals surface area contributed by atoms with Crippen LogP contribution in [0.15, 0.2) is 0 Å². The van der Waals surface area contributed by atoms with Crippen molar-refractivity contribution >= 4 is 5.97 Å². The van der Waals surface area contributed by atoms with Gasteiger partial charge in [0.05, 0.1) is 5.41 Å². The molecule has 1 aliphatic rings. The molecule has 0 aromatic carbocycles. The molecule has 1 atom stereocenters. The third kappa shape index (κ3) is 5.59. The van der Waals surface area contributed by atoms with E-state index in [-0.39, 0.29) is 17.5 Å². The Kier molecular flexibility index (Phi) is 8.72. The summed E-state index contributed by atoms with van der Waals surface area (Å²) in [7, 11) is 0. The highest BCUT2D eigenvalue weighted by molar-refractivity contribution is 5.76. The topological polar surface area (TPSA) is 26.3 Å². The summed E-state index contributed by atoms with van der Waals surface area (Å²) >= 11 is 0. The van der Waals surface area contributed by atoms with E-state index in [0.29, 0.717) is 11.3 Å². The number of ether oxygens (including phenoxy) is 1. The van der Waals surface area contributed by atoms with Gasteiger partial charge in [-0.15, -0.1) is 0 Å². The van der Waals surface area contributed by atoms with Crippen LogP contribution in [0.1, 0.15) is 94.4 Å². The molecule has 0 aromatic rings. The molecule has 0 aliphatic heterocycles. The van der Waals surface area contributed by atoms with Crippen LogP contribution in [0.3, 0.4) is 0 Å². The molecule has 132 valence electrons. The molecule has 1 saturated carbocycles. The maximum atomic E-state index is 12.5. The van der Waals surface area contributed by atoms with E-state index >= 15 is 0 Å². The molecule has 0 bridgehead atoms. The number of carbonyl (C=O) groups excluding carboxylic acids is 1. The quantitative estimate of drug-likeness (QED) is 0.575. The summed E-state index contributed by atoms with van der Waals surface area (Å²) in [5.41, 5.74) is 0.0473. The number of carbonyl (C=O) groups is 1. The number of rotatable bonds is 4. The van der Waals surface area contributed by atoms with E-state index in [1.807, 2.05) is 20.8 Å². The number of esters is 1. The molecular formula is C20H40O2. The minimum atomic E-state index is -0.332. The average Bonchev–Trinajstić information content (AvgIpc) is 2.47. The Balaban J connectivity index is 0.00000211. The standard InChI is InChI=1S/C18H34O2.C2H6/c1-8-18(7,13(2)3)16(19)20-15-11-9-14(10-12-15)17(4,5)6;1-2/h13-15H,8-12H2,1-7H3;1-2H3. The first kappa shape index (κ1) is 21.5. The molecule has 1 fully saturated rings. The maximum Gasteiger partial charge on any atom is 0.312 e. The van der Waals surface area contributed by atoms with Crippen molar-refractivity contribution in [3.8, 4) is 0 Å². The second kappa shape index (κ2) is 8.93. The van der Waals surface area contributed by atoms with Crippen molar-refractivity contribution in [2.45, 2.75) is 101 Å². The SMILES string of the molecule is CC.CCC(C)(C(=O)OC1CCC(C(C)(C)C)CC1)C(C)C. The largest absolute Gasteiger partial charge is 0.462 e. The van der Waals surface area contributed by atoms with Crippen molar-refractivity contribution < 1.29 is 9.53 Å². The second-order valence-corrected chi connectivity index (χ2v) is 8.17. The van der Waals surface area contributed by atoms with Crippen molar-refractivity contribution in [2.24, 2.45) is 22.7 Å². The minimum absolute atomic E-state index is 0.00853. The molecule has 2 nitrogen and oxygen atoms in total. The zero-order chi connectivity index (χ0) is 17.6. The van der Waals surface area contributed by atoms with Crippen LogP contribution in [0, 0.1) is 22.7 Å². The summed E-state index contributed by atoms with van der Waals surface area (Å²) in [5, 5.41) is 0. The van der Waals surface area contributed by atoms with Crippen LogP contribution in [-0.2, 0) is 9.53 Å². The van der Waals surface area contributed by atoms with Gasteiger partial charge in [-0.1, -0.05) is 55.4 Å². The third-order valence-corrected chi connectivity index (χ3v) is 5.65. The maximum absolute atomic E-state index is 12.5. The Bertz CT molecular complexity index is 319. The highest BCUT2D eigenvalue weighted by atomic mass is 16.5. The second-order valence-electron chi connectivity index (χ2n) is 8.17. The zero-order valence-electron chi connectivity index (χ0n) is 16.6. The predicted octanol–water partition coefficient (Wildman–Crippen LogP) is 6.23. The van der Waals surface area contributed by atoms with Crippen LogP contribution in [0.25, 0.3) is 0 Å². The highest BCUT2D eigenvalue weighted by Crippen LogP contribution is 2.40. The fourth-order valence-electron chi connectivity index (χ4n) is 3.12. The Morgan fingerprint density at radius 1 is 1.05 bits per heavy atom. The first-order valence-electron chi connectivity index (χ1n) is 9.32. The van der Waals surface area contributed by atoms with Gasteiger partial charge >= 0.3 is 5.97 Å². The molecule has 1 rings (SSSR count).